The number of aromatic nitrogens is 2. The highest BCUT2D eigenvalue weighted by Crippen LogP contribution is 2.19. The number of aliphatic imine (C=N–C) groups is 1. The van der Waals surface area contributed by atoms with E-state index in [1.54, 1.807) is 20.2 Å². The maximum atomic E-state index is 12.0. The quantitative estimate of drug-likeness (QED) is 0.585. The van der Waals surface area contributed by atoms with Crippen LogP contribution in [0.25, 0.3) is 0 Å². The van der Waals surface area contributed by atoms with Crippen molar-refractivity contribution >= 4 is 17.7 Å². The van der Waals surface area contributed by atoms with Crippen LogP contribution >= 0.6 is 0 Å². The van der Waals surface area contributed by atoms with Crippen molar-refractivity contribution in [1.29, 1.82) is 0 Å². The highest BCUT2D eigenvalue weighted by atomic mass is 16.6. The van der Waals surface area contributed by atoms with E-state index in [4.69, 9.17) is 4.74 Å². The molecule has 2 rings (SSSR count). The van der Waals surface area contributed by atoms with E-state index in [-0.39, 0.29) is 11.7 Å². The summed E-state index contributed by atoms with van der Waals surface area (Å²) in [5.74, 6) is 0.339. The monoisotopic (exact) mass is 252 g/mol. The van der Waals surface area contributed by atoms with Gasteiger partial charge in [0.1, 0.15) is 5.69 Å². The zero-order valence-corrected chi connectivity index (χ0v) is 10.6. The molecule has 1 aromatic rings. The molecule has 1 fully saturated rings. The summed E-state index contributed by atoms with van der Waals surface area (Å²) in [6.07, 6.45) is 1.69. The molecule has 98 valence electrons. The average molecular weight is 252 g/mol. The second-order valence-electron chi connectivity index (χ2n) is 4.13. The van der Waals surface area contributed by atoms with Crippen molar-refractivity contribution in [2.24, 2.45) is 19.1 Å². The zero-order valence-electron chi connectivity index (χ0n) is 10.6. The molecule has 1 aromatic heterocycles. The maximum Gasteiger partial charge on any atom is 0.332 e. The van der Waals surface area contributed by atoms with Crippen molar-refractivity contribution in [3.63, 3.8) is 0 Å². The van der Waals surface area contributed by atoms with Crippen LogP contribution in [0.3, 0.4) is 0 Å². The Balaban J connectivity index is 2.52. The summed E-state index contributed by atoms with van der Waals surface area (Å²) in [6, 6.07) is 0. The van der Waals surface area contributed by atoms with E-state index >= 15 is 0 Å². The van der Waals surface area contributed by atoms with Gasteiger partial charge in [0.25, 0.3) is 5.56 Å². The SMILES string of the molecule is CC=Nc1c(NCC2CO2)c(=O)n(C)c(=O)n1C. The minimum absolute atomic E-state index is 0.144. The van der Waals surface area contributed by atoms with E-state index < -0.39 is 5.69 Å². The third kappa shape index (κ3) is 2.21. The summed E-state index contributed by atoms with van der Waals surface area (Å²) in [7, 11) is 3.03. The van der Waals surface area contributed by atoms with E-state index in [1.165, 1.54) is 11.6 Å². The molecule has 0 saturated carbocycles. The molecule has 0 aliphatic carbocycles. The largest absolute Gasteiger partial charge is 0.375 e. The Morgan fingerprint density at radius 1 is 1.44 bits per heavy atom. The zero-order chi connectivity index (χ0) is 13.3. The predicted octanol–water partition coefficient (Wildman–Crippen LogP) is -0.383. The first-order valence-corrected chi connectivity index (χ1v) is 5.70. The van der Waals surface area contributed by atoms with Crippen LogP contribution in [0, 0.1) is 0 Å². The molecule has 7 heteroatoms. The fourth-order valence-corrected chi connectivity index (χ4v) is 1.66. The molecule has 0 bridgehead atoms. The topological polar surface area (TPSA) is 80.9 Å². The first-order valence-electron chi connectivity index (χ1n) is 5.70. The smallest absolute Gasteiger partial charge is 0.332 e. The van der Waals surface area contributed by atoms with Gasteiger partial charge in [-0.3, -0.25) is 13.9 Å². The molecule has 0 aromatic carbocycles. The van der Waals surface area contributed by atoms with Crippen LogP contribution in [0.5, 0.6) is 0 Å². The van der Waals surface area contributed by atoms with Crippen molar-refractivity contribution in [3.05, 3.63) is 20.8 Å². The second kappa shape index (κ2) is 4.77. The van der Waals surface area contributed by atoms with Gasteiger partial charge >= 0.3 is 5.69 Å². The average Bonchev–Trinajstić information content (AvgIpc) is 3.17. The molecular weight excluding hydrogens is 236 g/mol. The Kier molecular flexibility index (Phi) is 3.33. The van der Waals surface area contributed by atoms with Gasteiger partial charge in [0.15, 0.2) is 5.82 Å². The van der Waals surface area contributed by atoms with Crippen LogP contribution in [-0.4, -0.2) is 34.6 Å². The molecule has 1 unspecified atom stereocenters. The summed E-state index contributed by atoms with van der Waals surface area (Å²) in [5.41, 5.74) is -0.443. The van der Waals surface area contributed by atoms with Crippen LogP contribution in [0.2, 0.25) is 0 Å². The van der Waals surface area contributed by atoms with E-state index in [1.807, 2.05) is 0 Å². The Labute approximate surface area is 104 Å². The lowest BCUT2D eigenvalue weighted by Crippen LogP contribution is -2.38. The van der Waals surface area contributed by atoms with Crippen LogP contribution in [-0.2, 0) is 18.8 Å². The summed E-state index contributed by atoms with van der Waals surface area (Å²) >= 11 is 0. The molecule has 1 N–H and O–H groups in total. The van der Waals surface area contributed by atoms with E-state index in [0.717, 1.165) is 4.57 Å². The first-order chi connectivity index (χ1) is 8.56. The molecule has 0 spiro atoms. The summed E-state index contributed by atoms with van der Waals surface area (Å²) in [6.45, 7) is 2.97. The van der Waals surface area contributed by atoms with Crippen molar-refractivity contribution in [3.8, 4) is 0 Å². The Morgan fingerprint density at radius 3 is 2.67 bits per heavy atom. The lowest BCUT2D eigenvalue weighted by atomic mass is 10.4. The predicted molar refractivity (Wildman–Crippen MR) is 69.0 cm³/mol. The van der Waals surface area contributed by atoms with E-state index in [0.29, 0.717) is 24.7 Å². The molecule has 1 atom stereocenters. The molecule has 1 aliphatic heterocycles. The van der Waals surface area contributed by atoms with E-state index in [9.17, 15) is 9.59 Å². The molecule has 0 radical (unpaired) electrons. The highest BCUT2D eigenvalue weighted by Gasteiger charge is 2.23. The number of rotatable bonds is 4. The van der Waals surface area contributed by atoms with Crippen molar-refractivity contribution < 1.29 is 4.74 Å². The molecule has 1 aliphatic rings. The molecular formula is C11H16N4O3. The third-order valence-corrected chi connectivity index (χ3v) is 2.79. The minimum atomic E-state index is -0.395. The van der Waals surface area contributed by atoms with Crippen molar-refractivity contribution in [2.45, 2.75) is 13.0 Å². The van der Waals surface area contributed by atoms with Gasteiger partial charge in [0, 0.05) is 26.9 Å². The van der Waals surface area contributed by atoms with Gasteiger partial charge < -0.3 is 10.1 Å². The number of hydrogen-bond donors (Lipinski definition) is 1. The van der Waals surface area contributed by atoms with Crippen molar-refractivity contribution in [1.82, 2.24) is 9.13 Å². The molecule has 0 amide bonds. The highest BCUT2D eigenvalue weighted by molar-refractivity contribution is 5.67. The Morgan fingerprint density at radius 2 is 2.11 bits per heavy atom. The van der Waals surface area contributed by atoms with Crippen LogP contribution < -0.4 is 16.6 Å². The van der Waals surface area contributed by atoms with Crippen LogP contribution in [0.4, 0.5) is 11.5 Å². The number of ether oxygens (including phenoxy) is 1. The number of nitrogens with zero attached hydrogens (tertiary/aromatic N) is 3. The van der Waals surface area contributed by atoms with Gasteiger partial charge in [-0.2, -0.15) is 0 Å². The lowest BCUT2D eigenvalue weighted by molar-refractivity contribution is 0.416. The lowest BCUT2D eigenvalue weighted by Gasteiger charge is -2.12. The Hall–Kier alpha value is -1.89. The Bertz CT molecular complexity index is 596. The fraction of sp³-hybridized carbons (Fsp3) is 0.545. The summed E-state index contributed by atoms with van der Waals surface area (Å²) in [5, 5.41) is 3.01. The van der Waals surface area contributed by atoms with Gasteiger partial charge in [0.05, 0.1) is 12.7 Å². The summed E-state index contributed by atoms with van der Waals surface area (Å²) < 4.78 is 7.48. The fourth-order valence-electron chi connectivity index (χ4n) is 1.66. The third-order valence-electron chi connectivity index (χ3n) is 2.79. The molecule has 7 nitrogen and oxygen atoms in total. The number of hydrogen-bond acceptors (Lipinski definition) is 5. The van der Waals surface area contributed by atoms with Crippen LogP contribution in [0.1, 0.15) is 6.92 Å². The number of nitrogens with one attached hydrogen (secondary N) is 1. The van der Waals surface area contributed by atoms with Gasteiger partial charge in [-0.15, -0.1) is 0 Å². The number of epoxide rings is 1. The number of anilines is 1. The normalized spacial score (nSPS) is 18.3. The van der Waals surface area contributed by atoms with Gasteiger partial charge in [-0.25, -0.2) is 9.79 Å². The van der Waals surface area contributed by atoms with Gasteiger partial charge in [-0.1, -0.05) is 0 Å². The van der Waals surface area contributed by atoms with Gasteiger partial charge in [-0.05, 0) is 6.92 Å². The first kappa shape index (κ1) is 12.6. The minimum Gasteiger partial charge on any atom is -0.375 e. The standard InChI is InChI=1S/C11H16N4O3/c1-4-12-9-8(13-5-7-6-18-7)10(16)15(3)11(17)14(9)2/h4,7,13H,5-6H2,1-3H3. The van der Waals surface area contributed by atoms with E-state index in [2.05, 4.69) is 10.3 Å². The van der Waals surface area contributed by atoms with Crippen LogP contribution in [0.15, 0.2) is 14.6 Å². The molecule has 1 saturated heterocycles. The molecule has 18 heavy (non-hydrogen) atoms. The second-order valence-corrected chi connectivity index (χ2v) is 4.13. The van der Waals surface area contributed by atoms with Gasteiger partial charge in [0.2, 0.25) is 0 Å². The summed E-state index contributed by atoms with van der Waals surface area (Å²) in [4.78, 5) is 27.9. The maximum absolute atomic E-state index is 12.0. The molecule has 2 heterocycles. The van der Waals surface area contributed by atoms with Crippen molar-refractivity contribution in [2.75, 3.05) is 18.5 Å².